The van der Waals surface area contributed by atoms with Crippen LogP contribution in [0.2, 0.25) is 0 Å². The van der Waals surface area contributed by atoms with E-state index in [2.05, 4.69) is 34.9 Å². The second kappa shape index (κ2) is 11.3. The molecule has 2 saturated carbocycles. The van der Waals surface area contributed by atoms with E-state index in [1.54, 1.807) is 0 Å². The number of nitrogens with one attached hydrogen (secondary N) is 2. The average Bonchev–Trinajstić information content (AvgIpc) is 3.75. The Kier molecular flexibility index (Phi) is 7.97. The highest BCUT2D eigenvalue weighted by molar-refractivity contribution is 5.83. The van der Waals surface area contributed by atoms with Crippen molar-refractivity contribution in [2.75, 3.05) is 13.1 Å². The van der Waals surface area contributed by atoms with Gasteiger partial charge in [-0.15, -0.1) is 0 Å². The molecule has 2 aliphatic rings. The van der Waals surface area contributed by atoms with Crippen molar-refractivity contribution in [2.24, 2.45) is 11.8 Å². The average molecular weight is 433 g/mol. The van der Waals surface area contributed by atoms with Crippen LogP contribution < -0.4 is 10.6 Å². The van der Waals surface area contributed by atoms with Gasteiger partial charge >= 0.3 is 0 Å². The summed E-state index contributed by atoms with van der Waals surface area (Å²) in [5.74, 6) is 1.62. The van der Waals surface area contributed by atoms with E-state index < -0.39 is 0 Å². The molecular weight excluding hydrogens is 396 g/mol. The first-order valence-corrected chi connectivity index (χ1v) is 12.4. The molecule has 0 aliphatic heterocycles. The minimum absolute atomic E-state index is 0.172. The Hall–Kier alpha value is -2.62. The zero-order valence-electron chi connectivity index (χ0n) is 19.0. The van der Waals surface area contributed by atoms with Gasteiger partial charge in [0.25, 0.3) is 0 Å². The smallest absolute Gasteiger partial charge is 0.223 e. The van der Waals surface area contributed by atoms with Gasteiger partial charge in [0.05, 0.1) is 0 Å². The second-order valence-electron chi connectivity index (χ2n) is 9.42. The van der Waals surface area contributed by atoms with Gasteiger partial charge in [0.2, 0.25) is 11.8 Å². The third kappa shape index (κ3) is 6.44. The van der Waals surface area contributed by atoms with E-state index in [9.17, 15) is 9.59 Å². The van der Waals surface area contributed by atoms with E-state index in [0.29, 0.717) is 11.8 Å². The molecule has 4 atom stereocenters. The Morgan fingerprint density at radius 2 is 0.969 bits per heavy atom. The summed E-state index contributed by atoms with van der Waals surface area (Å²) < 4.78 is 0. The molecule has 0 saturated heterocycles. The summed E-state index contributed by atoms with van der Waals surface area (Å²) in [6.45, 7) is 1.58. The Morgan fingerprint density at radius 1 is 0.594 bits per heavy atom. The second-order valence-corrected chi connectivity index (χ2v) is 9.42. The van der Waals surface area contributed by atoms with Gasteiger partial charge in [-0.25, -0.2) is 0 Å². The topological polar surface area (TPSA) is 58.2 Å². The van der Waals surface area contributed by atoms with Gasteiger partial charge < -0.3 is 10.6 Å². The highest BCUT2D eigenvalue weighted by atomic mass is 16.2. The van der Waals surface area contributed by atoms with Crippen molar-refractivity contribution in [3.8, 4) is 0 Å². The molecule has 2 aromatic rings. The maximum Gasteiger partial charge on any atom is 0.223 e. The largest absolute Gasteiger partial charge is 0.356 e. The fourth-order valence-corrected chi connectivity index (χ4v) is 4.75. The van der Waals surface area contributed by atoms with Gasteiger partial charge in [-0.2, -0.15) is 0 Å². The molecule has 2 fully saturated rings. The number of hydrogen-bond acceptors (Lipinski definition) is 2. The molecule has 4 unspecified atom stereocenters. The highest BCUT2D eigenvalue weighted by Gasteiger charge is 2.44. The maximum atomic E-state index is 12.3. The standard InChI is InChI=1S/C28H36N2O2/c31-27(25-19-23(25)21-13-7-5-8-14-21)29-17-11-3-1-2-4-12-18-30-28(32)26-20-24(26)22-15-9-6-10-16-22/h5-10,13-16,23-26H,1-4,11-12,17-20H2,(H,29,31)(H,30,32). The maximum absolute atomic E-state index is 12.3. The van der Waals surface area contributed by atoms with Crippen LogP contribution in [-0.2, 0) is 9.59 Å². The molecule has 170 valence electrons. The van der Waals surface area contributed by atoms with Crippen LogP contribution >= 0.6 is 0 Å². The van der Waals surface area contributed by atoms with Crippen molar-refractivity contribution in [2.45, 2.75) is 63.2 Å². The molecule has 0 radical (unpaired) electrons. The Balaban J connectivity index is 0.955. The van der Waals surface area contributed by atoms with Crippen LogP contribution in [0.4, 0.5) is 0 Å². The van der Waals surface area contributed by atoms with E-state index in [1.807, 2.05) is 36.4 Å². The van der Waals surface area contributed by atoms with Gasteiger partial charge in [0.15, 0.2) is 0 Å². The lowest BCUT2D eigenvalue weighted by Gasteiger charge is -2.06. The summed E-state index contributed by atoms with van der Waals surface area (Å²) in [6.07, 6.45) is 8.76. The third-order valence-corrected chi connectivity index (χ3v) is 6.91. The highest BCUT2D eigenvalue weighted by Crippen LogP contribution is 2.48. The molecule has 0 heterocycles. The van der Waals surface area contributed by atoms with Gasteiger partial charge in [0.1, 0.15) is 0 Å². The summed E-state index contributed by atoms with van der Waals surface area (Å²) >= 11 is 0. The fraction of sp³-hybridized carbons (Fsp3) is 0.500. The quantitative estimate of drug-likeness (QED) is 0.429. The van der Waals surface area contributed by atoms with Crippen LogP contribution in [0.3, 0.4) is 0 Å². The molecule has 2 aromatic carbocycles. The van der Waals surface area contributed by atoms with Gasteiger partial charge in [-0.3, -0.25) is 9.59 Å². The number of rotatable bonds is 13. The molecule has 2 aliphatic carbocycles. The third-order valence-electron chi connectivity index (χ3n) is 6.91. The van der Waals surface area contributed by atoms with E-state index in [-0.39, 0.29) is 23.7 Å². The van der Waals surface area contributed by atoms with Crippen LogP contribution in [0.5, 0.6) is 0 Å². The fourth-order valence-electron chi connectivity index (χ4n) is 4.75. The van der Waals surface area contributed by atoms with Crippen molar-refractivity contribution in [3.63, 3.8) is 0 Å². The number of amides is 2. The summed E-state index contributed by atoms with van der Waals surface area (Å²) in [6, 6.07) is 20.7. The molecule has 4 heteroatoms. The van der Waals surface area contributed by atoms with Crippen LogP contribution in [0, 0.1) is 11.8 Å². The molecule has 32 heavy (non-hydrogen) atoms. The summed E-state index contributed by atoms with van der Waals surface area (Å²) in [4.78, 5) is 24.5. The zero-order valence-corrected chi connectivity index (χ0v) is 19.0. The Bertz CT molecular complexity index is 794. The van der Waals surface area contributed by atoms with Crippen LogP contribution in [0.1, 0.15) is 74.3 Å². The van der Waals surface area contributed by atoms with Gasteiger partial charge in [-0.05, 0) is 48.6 Å². The van der Waals surface area contributed by atoms with Crippen molar-refractivity contribution in [1.29, 1.82) is 0 Å². The van der Waals surface area contributed by atoms with Gasteiger partial charge in [0, 0.05) is 24.9 Å². The molecule has 4 nitrogen and oxygen atoms in total. The number of carbonyl (C=O) groups excluding carboxylic acids is 2. The number of carbonyl (C=O) groups is 2. The molecule has 2 N–H and O–H groups in total. The summed E-state index contributed by atoms with van der Waals surface area (Å²) in [5.41, 5.74) is 2.58. The lowest BCUT2D eigenvalue weighted by molar-refractivity contribution is -0.123. The minimum Gasteiger partial charge on any atom is -0.356 e. The SMILES string of the molecule is O=C(NCCCCCCCCNC(=O)C1CC1c1ccccc1)C1CC1c1ccccc1. The van der Waals surface area contributed by atoms with E-state index in [1.165, 1.54) is 24.0 Å². The van der Waals surface area contributed by atoms with Crippen molar-refractivity contribution < 1.29 is 9.59 Å². The summed E-state index contributed by atoms with van der Waals surface area (Å²) in [7, 11) is 0. The first-order chi connectivity index (χ1) is 15.7. The molecule has 2 amide bonds. The van der Waals surface area contributed by atoms with Crippen molar-refractivity contribution in [1.82, 2.24) is 10.6 Å². The first-order valence-electron chi connectivity index (χ1n) is 12.4. The number of hydrogen-bond donors (Lipinski definition) is 2. The molecule has 0 bridgehead atoms. The lowest BCUT2D eigenvalue weighted by Crippen LogP contribution is -2.26. The van der Waals surface area contributed by atoms with E-state index >= 15 is 0 Å². The monoisotopic (exact) mass is 432 g/mol. The predicted octanol–water partition coefficient (Wildman–Crippen LogP) is 5.17. The minimum atomic E-state index is 0.172. The summed E-state index contributed by atoms with van der Waals surface area (Å²) in [5, 5.41) is 6.23. The Labute approximate surface area is 192 Å². The molecule has 0 aromatic heterocycles. The number of benzene rings is 2. The number of unbranched alkanes of at least 4 members (excludes halogenated alkanes) is 5. The van der Waals surface area contributed by atoms with Crippen LogP contribution in [-0.4, -0.2) is 24.9 Å². The Morgan fingerprint density at radius 3 is 1.38 bits per heavy atom. The molecular formula is C28H36N2O2. The van der Waals surface area contributed by atoms with E-state index in [0.717, 1.165) is 51.6 Å². The molecule has 4 rings (SSSR count). The molecule has 0 spiro atoms. The van der Waals surface area contributed by atoms with Crippen molar-refractivity contribution in [3.05, 3.63) is 71.8 Å². The zero-order chi connectivity index (χ0) is 22.2. The van der Waals surface area contributed by atoms with Crippen LogP contribution in [0.25, 0.3) is 0 Å². The van der Waals surface area contributed by atoms with E-state index in [4.69, 9.17) is 0 Å². The predicted molar refractivity (Wildman–Crippen MR) is 128 cm³/mol. The van der Waals surface area contributed by atoms with Crippen LogP contribution in [0.15, 0.2) is 60.7 Å². The lowest BCUT2D eigenvalue weighted by atomic mass is 10.1. The van der Waals surface area contributed by atoms with Gasteiger partial charge in [-0.1, -0.05) is 86.3 Å². The first kappa shape index (κ1) is 22.6. The van der Waals surface area contributed by atoms with Crippen molar-refractivity contribution >= 4 is 11.8 Å². The normalized spacial score (nSPS) is 23.4.